The van der Waals surface area contributed by atoms with Crippen molar-refractivity contribution in [2.24, 2.45) is 0 Å². The second-order valence-corrected chi connectivity index (χ2v) is 6.47. The Hall–Kier alpha value is -0.910. The van der Waals surface area contributed by atoms with Gasteiger partial charge >= 0.3 is 0 Å². The van der Waals surface area contributed by atoms with Crippen molar-refractivity contribution >= 4 is 10.0 Å². The predicted octanol–water partition coefficient (Wildman–Crippen LogP) is 1.74. The molecule has 0 aliphatic heterocycles. The summed E-state index contributed by atoms with van der Waals surface area (Å²) in [6.45, 7) is 2.27. The van der Waals surface area contributed by atoms with Crippen molar-refractivity contribution in [3.63, 3.8) is 0 Å². The van der Waals surface area contributed by atoms with Crippen LogP contribution in [-0.2, 0) is 16.6 Å². The number of hydrogen-bond donors (Lipinski definition) is 1. The fraction of sp³-hybridized carbons (Fsp3) is 0.538. The van der Waals surface area contributed by atoms with Crippen LogP contribution in [0.3, 0.4) is 0 Å². The monoisotopic (exact) mass is 269 g/mol. The van der Waals surface area contributed by atoms with Gasteiger partial charge in [0.25, 0.3) is 0 Å². The zero-order chi connectivity index (χ0) is 13.2. The summed E-state index contributed by atoms with van der Waals surface area (Å²) in [6, 6.07) is 6.83. The van der Waals surface area contributed by atoms with Crippen LogP contribution in [-0.4, -0.2) is 30.4 Å². The third-order valence-electron chi connectivity index (χ3n) is 3.13. The summed E-state index contributed by atoms with van der Waals surface area (Å²) >= 11 is 0. The standard InChI is InChI=1S/C13H19NO3S/c1-2-9-14(12-7-8-12)18(16,17)13-6-4-3-5-11(13)10-15/h3-6,12,15H,2,7-10H2,1H3. The highest BCUT2D eigenvalue weighted by molar-refractivity contribution is 7.89. The zero-order valence-corrected chi connectivity index (χ0v) is 11.4. The summed E-state index contributed by atoms with van der Waals surface area (Å²) in [5, 5.41) is 9.26. The summed E-state index contributed by atoms with van der Waals surface area (Å²) in [5.41, 5.74) is 0.472. The molecule has 0 heterocycles. The highest BCUT2D eigenvalue weighted by Gasteiger charge is 2.38. The van der Waals surface area contributed by atoms with Gasteiger partial charge in [-0.1, -0.05) is 25.1 Å². The van der Waals surface area contributed by atoms with Gasteiger partial charge in [-0.3, -0.25) is 0 Å². The molecule has 2 rings (SSSR count). The number of benzene rings is 1. The summed E-state index contributed by atoms with van der Waals surface area (Å²) in [7, 11) is -3.47. The smallest absolute Gasteiger partial charge is 0.243 e. The van der Waals surface area contributed by atoms with Gasteiger partial charge in [-0.25, -0.2) is 8.42 Å². The first-order chi connectivity index (χ1) is 8.61. The fourth-order valence-electron chi connectivity index (χ4n) is 2.09. The fourth-order valence-corrected chi connectivity index (χ4v) is 4.09. The molecule has 1 saturated carbocycles. The first kappa shape index (κ1) is 13.5. The van der Waals surface area contributed by atoms with Crippen molar-refractivity contribution in [2.75, 3.05) is 6.54 Å². The van der Waals surface area contributed by atoms with Gasteiger partial charge < -0.3 is 5.11 Å². The minimum absolute atomic E-state index is 0.154. The van der Waals surface area contributed by atoms with Crippen LogP contribution < -0.4 is 0 Å². The lowest BCUT2D eigenvalue weighted by Crippen LogP contribution is -2.34. The number of nitrogens with zero attached hydrogens (tertiary/aromatic N) is 1. The van der Waals surface area contributed by atoms with Crippen molar-refractivity contribution in [2.45, 2.75) is 43.7 Å². The second kappa shape index (κ2) is 5.38. The summed E-state index contributed by atoms with van der Waals surface area (Å²) in [4.78, 5) is 0.243. The van der Waals surface area contributed by atoms with Crippen molar-refractivity contribution in [3.8, 4) is 0 Å². The van der Waals surface area contributed by atoms with Crippen molar-refractivity contribution in [3.05, 3.63) is 29.8 Å². The van der Waals surface area contributed by atoms with Gasteiger partial charge in [-0.2, -0.15) is 4.31 Å². The van der Waals surface area contributed by atoms with Crippen LogP contribution in [0, 0.1) is 0 Å². The summed E-state index contributed by atoms with van der Waals surface area (Å²) < 4.78 is 26.8. The number of aliphatic hydroxyl groups excluding tert-OH is 1. The minimum atomic E-state index is -3.47. The normalized spacial score (nSPS) is 16.2. The highest BCUT2D eigenvalue weighted by Crippen LogP contribution is 2.33. The van der Waals surface area contributed by atoms with E-state index in [2.05, 4.69) is 0 Å². The molecule has 0 aromatic heterocycles. The van der Waals surface area contributed by atoms with E-state index < -0.39 is 10.0 Å². The molecule has 0 bridgehead atoms. The molecule has 0 amide bonds. The van der Waals surface area contributed by atoms with Crippen LogP contribution in [0.15, 0.2) is 29.2 Å². The van der Waals surface area contributed by atoms with Crippen LogP contribution in [0.2, 0.25) is 0 Å². The Morgan fingerprint density at radius 2 is 2.00 bits per heavy atom. The molecule has 100 valence electrons. The van der Waals surface area contributed by atoms with E-state index in [-0.39, 0.29) is 17.5 Å². The maximum Gasteiger partial charge on any atom is 0.243 e. The molecular formula is C13H19NO3S. The lowest BCUT2D eigenvalue weighted by molar-refractivity contribution is 0.278. The number of sulfonamides is 1. The van der Waals surface area contributed by atoms with Gasteiger partial charge in [0.15, 0.2) is 0 Å². The van der Waals surface area contributed by atoms with Crippen molar-refractivity contribution in [1.82, 2.24) is 4.31 Å². The topological polar surface area (TPSA) is 57.6 Å². The Bertz CT molecular complexity index is 509. The Kier molecular flexibility index (Phi) is 4.04. The van der Waals surface area contributed by atoms with Crippen molar-refractivity contribution in [1.29, 1.82) is 0 Å². The van der Waals surface area contributed by atoms with Gasteiger partial charge in [0, 0.05) is 12.6 Å². The molecule has 1 N–H and O–H groups in total. The Labute approximate surface area is 108 Å². The number of rotatable bonds is 6. The molecule has 1 aliphatic carbocycles. The molecule has 0 unspecified atom stereocenters. The molecule has 1 aromatic rings. The largest absolute Gasteiger partial charge is 0.392 e. The molecule has 1 fully saturated rings. The van der Waals surface area contributed by atoms with Gasteiger partial charge in [0.1, 0.15) is 0 Å². The molecule has 0 radical (unpaired) electrons. The molecule has 18 heavy (non-hydrogen) atoms. The van der Waals surface area contributed by atoms with Crippen LogP contribution in [0.4, 0.5) is 0 Å². The number of aliphatic hydroxyl groups is 1. The molecule has 0 saturated heterocycles. The molecule has 0 spiro atoms. The summed E-state index contributed by atoms with van der Waals surface area (Å²) in [5.74, 6) is 0. The van der Waals surface area contributed by atoms with E-state index in [9.17, 15) is 13.5 Å². The van der Waals surface area contributed by atoms with E-state index in [0.717, 1.165) is 19.3 Å². The third kappa shape index (κ3) is 2.58. The van der Waals surface area contributed by atoms with Crippen LogP contribution in [0.25, 0.3) is 0 Å². The second-order valence-electron chi connectivity index (χ2n) is 4.61. The molecule has 1 aromatic carbocycles. The van der Waals surface area contributed by atoms with E-state index in [1.165, 1.54) is 0 Å². The van der Waals surface area contributed by atoms with E-state index >= 15 is 0 Å². The van der Waals surface area contributed by atoms with Crippen LogP contribution >= 0.6 is 0 Å². The molecular weight excluding hydrogens is 250 g/mol. The van der Waals surface area contributed by atoms with Gasteiger partial charge in [0.2, 0.25) is 10.0 Å². The van der Waals surface area contributed by atoms with Crippen LogP contribution in [0.1, 0.15) is 31.7 Å². The van der Waals surface area contributed by atoms with Crippen molar-refractivity contribution < 1.29 is 13.5 Å². The molecule has 5 heteroatoms. The average molecular weight is 269 g/mol. The minimum Gasteiger partial charge on any atom is -0.392 e. The molecule has 1 aliphatic rings. The van der Waals surface area contributed by atoms with E-state index in [0.29, 0.717) is 12.1 Å². The average Bonchev–Trinajstić information content (AvgIpc) is 3.19. The van der Waals surface area contributed by atoms with Gasteiger partial charge in [-0.05, 0) is 30.9 Å². The lowest BCUT2D eigenvalue weighted by Gasteiger charge is -2.22. The Morgan fingerprint density at radius 1 is 1.33 bits per heavy atom. The van der Waals surface area contributed by atoms with E-state index in [4.69, 9.17) is 0 Å². The van der Waals surface area contributed by atoms with Gasteiger partial charge in [-0.15, -0.1) is 0 Å². The first-order valence-electron chi connectivity index (χ1n) is 6.32. The maximum atomic E-state index is 12.6. The third-order valence-corrected chi connectivity index (χ3v) is 5.18. The summed E-state index contributed by atoms with van der Waals surface area (Å²) in [6.07, 6.45) is 2.69. The first-order valence-corrected chi connectivity index (χ1v) is 7.76. The maximum absolute atomic E-state index is 12.6. The Balaban J connectivity index is 2.39. The van der Waals surface area contributed by atoms with Gasteiger partial charge in [0.05, 0.1) is 11.5 Å². The SMILES string of the molecule is CCCN(C1CC1)S(=O)(=O)c1ccccc1CO. The Morgan fingerprint density at radius 3 is 2.56 bits per heavy atom. The van der Waals surface area contributed by atoms with E-state index in [1.54, 1.807) is 28.6 Å². The molecule has 4 nitrogen and oxygen atoms in total. The van der Waals surface area contributed by atoms with Crippen LogP contribution in [0.5, 0.6) is 0 Å². The molecule has 0 atom stereocenters. The number of hydrogen-bond acceptors (Lipinski definition) is 3. The van der Waals surface area contributed by atoms with E-state index in [1.807, 2.05) is 6.92 Å². The predicted molar refractivity (Wildman–Crippen MR) is 69.6 cm³/mol. The highest BCUT2D eigenvalue weighted by atomic mass is 32.2. The quantitative estimate of drug-likeness (QED) is 0.856. The lowest BCUT2D eigenvalue weighted by atomic mass is 10.2. The zero-order valence-electron chi connectivity index (χ0n) is 10.5.